The number of allylic oxidation sites excluding steroid dienone is 2. The van der Waals surface area contributed by atoms with E-state index < -0.39 is 0 Å². The molecule has 0 aliphatic carbocycles. The number of rotatable bonds is 2. The molecule has 0 bridgehead atoms. The fraction of sp³-hybridized carbons (Fsp3) is 0.667. The Morgan fingerprint density at radius 3 is 0.833 bits per heavy atom. The summed E-state index contributed by atoms with van der Waals surface area (Å²) >= 11 is 0. The number of hydrogen-bond donors (Lipinski definition) is 0. The fourth-order valence-electron chi connectivity index (χ4n) is 0. The maximum Gasteiger partial charge on any atom is -0.0266 e. The van der Waals surface area contributed by atoms with Crippen LogP contribution in [0.4, 0.5) is 0 Å². The summed E-state index contributed by atoms with van der Waals surface area (Å²) in [6.07, 6.45) is 0. The lowest BCUT2D eigenvalue weighted by Crippen LogP contribution is -1.83. The van der Waals surface area contributed by atoms with Crippen molar-refractivity contribution in [1.29, 1.82) is 0 Å². The Balaban J connectivity index is 0. The molecule has 0 radical (unpaired) electrons. The molecule has 0 aliphatic rings. The van der Waals surface area contributed by atoms with E-state index in [0.717, 1.165) is 0 Å². The summed E-state index contributed by atoms with van der Waals surface area (Å²) in [5.41, 5.74) is 2.52. The zero-order valence-electron chi connectivity index (χ0n) is 9.57. The second-order valence-electron chi connectivity index (χ2n) is 4.00. The summed E-state index contributed by atoms with van der Waals surface area (Å²) < 4.78 is 0. The topological polar surface area (TPSA) is 0 Å². The molecule has 0 aromatic rings. The summed E-state index contributed by atoms with van der Waals surface area (Å²) in [6, 6.07) is 0. The van der Waals surface area contributed by atoms with Crippen LogP contribution < -0.4 is 0 Å². The molecule has 0 spiro atoms. The Bertz CT molecular complexity index is 120. The van der Waals surface area contributed by atoms with Crippen molar-refractivity contribution in [3.8, 4) is 0 Å². The molecule has 72 valence electrons. The molecule has 0 saturated heterocycles. The van der Waals surface area contributed by atoms with Gasteiger partial charge < -0.3 is 0 Å². The van der Waals surface area contributed by atoms with E-state index >= 15 is 0 Å². The molecule has 0 unspecified atom stereocenters. The van der Waals surface area contributed by atoms with Gasteiger partial charge in [-0.3, -0.25) is 0 Å². The summed E-state index contributed by atoms with van der Waals surface area (Å²) in [5.74, 6) is 1.31. The smallest absolute Gasteiger partial charge is 0.0266 e. The van der Waals surface area contributed by atoms with Crippen LogP contribution in [0.2, 0.25) is 0 Å². The van der Waals surface area contributed by atoms with E-state index in [1.165, 1.54) is 11.1 Å². The Morgan fingerprint density at radius 2 is 0.833 bits per heavy atom. The molecule has 0 atom stereocenters. The first-order valence-corrected chi connectivity index (χ1v) is 4.59. The van der Waals surface area contributed by atoms with Gasteiger partial charge in [-0.2, -0.15) is 0 Å². The molecular formula is C12H24. The van der Waals surface area contributed by atoms with Gasteiger partial charge in [0, 0.05) is 0 Å². The van der Waals surface area contributed by atoms with Gasteiger partial charge in [0.1, 0.15) is 0 Å². The first-order chi connectivity index (χ1) is 5.29. The van der Waals surface area contributed by atoms with E-state index in [1.54, 1.807) is 0 Å². The van der Waals surface area contributed by atoms with E-state index in [9.17, 15) is 0 Å². The van der Waals surface area contributed by atoms with Gasteiger partial charge in [0.25, 0.3) is 0 Å². The monoisotopic (exact) mass is 168 g/mol. The highest BCUT2D eigenvalue weighted by Gasteiger charge is 1.87. The zero-order valence-corrected chi connectivity index (χ0v) is 9.57. The predicted octanol–water partition coefficient (Wildman–Crippen LogP) is 4.44. The van der Waals surface area contributed by atoms with E-state index in [0.29, 0.717) is 11.8 Å². The van der Waals surface area contributed by atoms with Crippen LogP contribution in [-0.2, 0) is 0 Å². The molecule has 0 aromatic heterocycles. The molecule has 0 aliphatic heterocycles. The van der Waals surface area contributed by atoms with Crippen LogP contribution in [0.15, 0.2) is 24.3 Å². The highest BCUT2D eigenvalue weighted by molar-refractivity contribution is 4.91. The molecule has 0 amide bonds. The van der Waals surface area contributed by atoms with Crippen LogP contribution in [0, 0.1) is 11.8 Å². The molecule has 0 heterocycles. The largest absolute Gasteiger partial charge is 0.0999 e. The summed E-state index contributed by atoms with van der Waals surface area (Å²) in [5, 5.41) is 0. The van der Waals surface area contributed by atoms with E-state index in [1.807, 2.05) is 13.8 Å². The Morgan fingerprint density at radius 1 is 0.750 bits per heavy atom. The normalized spacial score (nSPS) is 9.33. The van der Waals surface area contributed by atoms with Crippen molar-refractivity contribution in [2.45, 2.75) is 41.5 Å². The van der Waals surface area contributed by atoms with Crippen molar-refractivity contribution in [3.63, 3.8) is 0 Å². The van der Waals surface area contributed by atoms with Crippen molar-refractivity contribution in [2.24, 2.45) is 11.8 Å². The highest BCUT2D eigenvalue weighted by Crippen LogP contribution is 2.02. The third-order valence-corrected chi connectivity index (χ3v) is 1.97. The summed E-state index contributed by atoms with van der Waals surface area (Å²) in [7, 11) is 0. The van der Waals surface area contributed by atoms with Crippen LogP contribution >= 0.6 is 0 Å². The highest BCUT2D eigenvalue weighted by atomic mass is 13.9. The molecule has 12 heavy (non-hydrogen) atoms. The molecule has 0 rings (SSSR count). The van der Waals surface area contributed by atoms with Gasteiger partial charge in [-0.1, -0.05) is 52.0 Å². The maximum atomic E-state index is 3.75. The average molecular weight is 168 g/mol. The molecule has 0 fully saturated rings. The van der Waals surface area contributed by atoms with Crippen molar-refractivity contribution in [2.75, 3.05) is 0 Å². The van der Waals surface area contributed by atoms with Crippen molar-refractivity contribution < 1.29 is 0 Å². The number of hydrogen-bond acceptors (Lipinski definition) is 0. The van der Waals surface area contributed by atoms with Gasteiger partial charge in [0.2, 0.25) is 0 Å². The van der Waals surface area contributed by atoms with Crippen molar-refractivity contribution >= 4 is 0 Å². The minimum atomic E-state index is 0.657. The second-order valence-corrected chi connectivity index (χ2v) is 4.00. The summed E-state index contributed by atoms with van der Waals surface area (Å²) in [4.78, 5) is 0. The van der Waals surface area contributed by atoms with Gasteiger partial charge in [-0.05, 0) is 25.7 Å². The van der Waals surface area contributed by atoms with Gasteiger partial charge in [-0.25, -0.2) is 0 Å². The van der Waals surface area contributed by atoms with Gasteiger partial charge in [-0.15, -0.1) is 0 Å². The third kappa shape index (κ3) is 12.2. The Hall–Kier alpha value is -0.520. The van der Waals surface area contributed by atoms with Crippen LogP contribution in [0.3, 0.4) is 0 Å². The molecule has 0 heteroatoms. The van der Waals surface area contributed by atoms with Crippen LogP contribution in [0.25, 0.3) is 0 Å². The van der Waals surface area contributed by atoms with Gasteiger partial charge in [0.15, 0.2) is 0 Å². The van der Waals surface area contributed by atoms with Crippen molar-refractivity contribution in [1.82, 2.24) is 0 Å². The lowest BCUT2D eigenvalue weighted by Gasteiger charge is -1.97. The lowest BCUT2D eigenvalue weighted by molar-refractivity contribution is 0.773. The average Bonchev–Trinajstić information content (AvgIpc) is 1.88. The molecule has 0 N–H and O–H groups in total. The third-order valence-electron chi connectivity index (χ3n) is 1.97. The predicted molar refractivity (Wildman–Crippen MR) is 59.3 cm³/mol. The molecular weight excluding hydrogens is 144 g/mol. The zero-order chi connectivity index (χ0) is 10.3. The fourth-order valence-corrected chi connectivity index (χ4v) is 0. The quantitative estimate of drug-likeness (QED) is 0.535. The first-order valence-electron chi connectivity index (χ1n) is 4.59. The van der Waals surface area contributed by atoms with E-state index in [-0.39, 0.29) is 0 Å². The Kier molecular flexibility index (Phi) is 8.36. The first kappa shape index (κ1) is 14.0. The van der Waals surface area contributed by atoms with Gasteiger partial charge >= 0.3 is 0 Å². The summed E-state index contributed by atoms with van der Waals surface area (Å²) in [6.45, 7) is 20.2. The minimum Gasteiger partial charge on any atom is -0.0999 e. The maximum absolute atomic E-state index is 3.75. The standard InChI is InChI=1S/2C6H12/c2*1-5(2)6(3)4/h2*6H,1H2,2-4H3. The lowest BCUT2D eigenvalue weighted by atomic mass is 10.1. The van der Waals surface area contributed by atoms with Crippen molar-refractivity contribution in [3.05, 3.63) is 24.3 Å². The second kappa shape index (κ2) is 7.15. The molecule has 0 saturated carbocycles. The Labute approximate surface area is 78.4 Å². The SMILES string of the molecule is C=C(C)C(C)C.C=C(C)C(C)C. The van der Waals surface area contributed by atoms with Crippen LogP contribution in [0.1, 0.15) is 41.5 Å². The minimum absolute atomic E-state index is 0.657. The van der Waals surface area contributed by atoms with Gasteiger partial charge in [0.05, 0.1) is 0 Å². The molecule has 0 aromatic carbocycles. The van der Waals surface area contributed by atoms with E-state index in [2.05, 4.69) is 40.9 Å². The van der Waals surface area contributed by atoms with Crippen LogP contribution in [0.5, 0.6) is 0 Å². The van der Waals surface area contributed by atoms with Crippen LogP contribution in [-0.4, -0.2) is 0 Å². The van der Waals surface area contributed by atoms with E-state index in [4.69, 9.17) is 0 Å². The molecule has 0 nitrogen and oxygen atoms in total.